The third-order valence-electron chi connectivity index (χ3n) is 5.48. The third kappa shape index (κ3) is 4.29. The molecule has 0 aliphatic rings. The number of amides is 2. The van der Waals surface area contributed by atoms with E-state index in [0.717, 1.165) is 24.3 Å². The van der Waals surface area contributed by atoms with Crippen LogP contribution in [0.3, 0.4) is 0 Å². The Bertz CT molecular complexity index is 1550. The molecule has 2 aromatic carbocycles. The number of nitrogens with one attached hydrogen (secondary N) is 1. The summed E-state index contributed by atoms with van der Waals surface area (Å²) in [4.78, 5) is 29.0. The second-order valence-corrected chi connectivity index (χ2v) is 7.74. The Kier molecular flexibility index (Phi) is 5.96. The Balaban J connectivity index is 1.68. The van der Waals surface area contributed by atoms with Crippen LogP contribution in [0.2, 0.25) is 0 Å². The first-order valence-corrected chi connectivity index (χ1v) is 10.2. The zero-order valence-corrected chi connectivity index (χ0v) is 18.5. The number of aromatic nitrogens is 3. The lowest BCUT2D eigenvalue weighted by atomic mass is 10.1. The first kappa shape index (κ1) is 23.4. The van der Waals surface area contributed by atoms with E-state index in [1.54, 1.807) is 19.9 Å². The molecule has 0 radical (unpaired) electrons. The standard InChI is InChI=1S/C24H17F3N6O2/c1-11-22(12(2)33(32-11)10-15-17(26)6-13(9-28)7-18(15)27)31-24(35)20-8-14(23(29)34)21-16(25)4-3-5-19(21)30-20/h3-8H,10H2,1-2H3,(H2,29,34)(H,31,35). The molecule has 4 aromatic rings. The summed E-state index contributed by atoms with van der Waals surface area (Å²) in [6.45, 7) is 2.89. The van der Waals surface area contributed by atoms with Crippen LogP contribution in [0, 0.1) is 42.6 Å². The number of primary amides is 1. The minimum atomic E-state index is -0.928. The Labute approximate surface area is 196 Å². The molecule has 3 N–H and O–H groups in total. The lowest BCUT2D eigenvalue weighted by molar-refractivity contribution is 0.100. The number of fused-ring (bicyclic) bond motifs is 1. The molecule has 176 valence electrons. The van der Waals surface area contributed by atoms with Crippen molar-refractivity contribution in [1.29, 1.82) is 5.26 Å². The Hall–Kier alpha value is -4.72. The Morgan fingerprint density at radius 2 is 1.80 bits per heavy atom. The predicted octanol–water partition coefficient (Wildman–Crippen LogP) is 3.74. The number of nitrogens with zero attached hydrogens (tertiary/aromatic N) is 4. The number of anilines is 1. The van der Waals surface area contributed by atoms with E-state index in [1.807, 2.05) is 0 Å². The fourth-order valence-corrected chi connectivity index (χ4v) is 3.73. The number of halogens is 3. The lowest BCUT2D eigenvalue weighted by Crippen LogP contribution is -2.18. The molecule has 0 saturated heterocycles. The Morgan fingerprint density at radius 3 is 2.43 bits per heavy atom. The van der Waals surface area contributed by atoms with Crippen LogP contribution in [0.15, 0.2) is 36.4 Å². The van der Waals surface area contributed by atoms with Gasteiger partial charge in [-0.2, -0.15) is 10.4 Å². The SMILES string of the molecule is Cc1nn(Cc2c(F)cc(C#N)cc2F)c(C)c1NC(=O)c1cc(C(N)=O)c2c(F)cccc2n1. The van der Waals surface area contributed by atoms with Gasteiger partial charge in [0.1, 0.15) is 23.1 Å². The van der Waals surface area contributed by atoms with E-state index in [0.29, 0.717) is 11.4 Å². The highest BCUT2D eigenvalue weighted by Crippen LogP contribution is 2.25. The van der Waals surface area contributed by atoms with Crippen molar-refractivity contribution in [2.75, 3.05) is 5.32 Å². The third-order valence-corrected chi connectivity index (χ3v) is 5.48. The van der Waals surface area contributed by atoms with Gasteiger partial charge in [-0.15, -0.1) is 0 Å². The number of carbonyl (C=O) groups excluding carboxylic acids is 2. The van der Waals surface area contributed by atoms with E-state index in [2.05, 4.69) is 15.4 Å². The van der Waals surface area contributed by atoms with Crippen LogP contribution in [0.4, 0.5) is 18.9 Å². The number of hydrogen-bond acceptors (Lipinski definition) is 5. The van der Waals surface area contributed by atoms with Gasteiger partial charge in [0.15, 0.2) is 0 Å². The highest BCUT2D eigenvalue weighted by atomic mass is 19.1. The van der Waals surface area contributed by atoms with Gasteiger partial charge < -0.3 is 11.1 Å². The maximum Gasteiger partial charge on any atom is 0.274 e. The first-order valence-electron chi connectivity index (χ1n) is 10.2. The summed E-state index contributed by atoms with van der Waals surface area (Å²) in [6, 6.07) is 8.61. The molecule has 0 aliphatic carbocycles. The van der Waals surface area contributed by atoms with Gasteiger partial charge in [-0.3, -0.25) is 14.3 Å². The normalized spacial score (nSPS) is 10.9. The quantitative estimate of drug-likeness (QED) is 0.452. The van der Waals surface area contributed by atoms with E-state index in [-0.39, 0.29) is 45.5 Å². The van der Waals surface area contributed by atoms with Crippen LogP contribution in [0.25, 0.3) is 10.9 Å². The molecular formula is C24H17F3N6O2. The second kappa shape index (κ2) is 8.90. The molecule has 35 heavy (non-hydrogen) atoms. The molecule has 4 rings (SSSR count). The van der Waals surface area contributed by atoms with Crippen LogP contribution in [-0.2, 0) is 6.54 Å². The molecule has 0 bridgehead atoms. The highest BCUT2D eigenvalue weighted by Gasteiger charge is 2.21. The summed E-state index contributed by atoms with van der Waals surface area (Å²) >= 11 is 0. The molecule has 0 saturated carbocycles. The molecule has 0 atom stereocenters. The number of aryl methyl sites for hydroxylation is 1. The maximum atomic E-state index is 14.3. The average Bonchev–Trinajstić information content (AvgIpc) is 3.07. The zero-order valence-electron chi connectivity index (χ0n) is 18.5. The molecule has 8 nitrogen and oxygen atoms in total. The van der Waals surface area contributed by atoms with Crippen LogP contribution in [0.5, 0.6) is 0 Å². The number of carbonyl (C=O) groups is 2. The van der Waals surface area contributed by atoms with Crippen molar-refractivity contribution in [3.8, 4) is 6.07 Å². The number of hydrogen-bond donors (Lipinski definition) is 2. The molecule has 0 unspecified atom stereocenters. The van der Waals surface area contributed by atoms with E-state index in [1.165, 1.54) is 16.8 Å². The van der Waals surface area contributed by atoms with Gasteiger partial charge in [0.25, 0.3) is 5.91 Å². The van der Waals surface area contributed by atoms with E-state index >= 15 is 0 Å². The molecule has 0 aliphatic heterocycles. The van der Waals surface area contributed by atoms with Crippen molar-refractivity contribution >= 4 is 28.4 Å². The van der Waals surface area contributed by atoms with Crippen molar-refractivity contribution in [3.05, 3.63) is 87.6 Å². The van der Waals surface area contributed by atoms with E-state index in [9.17, 15) is 22.8 Å². The topological polar surface area (TPSA) is 127 Å². The van der Waals surface area contributed by atoms with Crippen molar-refractivity contribution in [2.45, 2.75) is 20.4 Å². The molecule has 2 amide bonds. The largest absolute Gasteiger partial charge is 0.366 e. The molecule has 2 aromatic heterocycles. The van der Waals surface area contributed by atoms with Crippen LogP contribution in [0.1, 0.15) is 43.4 Å². The van der Waals surface area contributed by atoms with Crippen molar-refractivity contribution in [3.63, 3.8) is 0 Å². The molecule has 0 fully saturated rings. The smallest absolute Gasteiger partial charge is 0.274 e. The van der Waals surface area contributed by atoms with Crippen LogP contribution in [-0.4, -0.2) is 26.6 Å². The van der Waals surface area contributed by atoms with Gasteiger partial charge in [0.05, 0.1) is 46.3 Å². The highest BCUT2D eigenvalue weighted by molar-refractivity contribution is 6.10. The summed E-state index contributed by atoms with van der Waals surface area (Å²) in [6.07, 6.45) is 0. The second-order valence-electron chi connectivity index (χ2n) is 7.74. The number of pyridine rings is 1. The summed E-state index contributed by atoms with van der Waals surface area (Å²) < 4.78 is 44.2. The van der Waals surface area contributed by atoms with Crippen molar-refractivity contribution in [1.82, 2.24) is 14.8 Å². The summed E-state index contributed by atoms with van der Waals surface area (Å²) in [7, 11) is 0. The maximum absolute atomic E-state index is 14.3. The average molecular weight is 478 g/mol. The summed E-state index contributed by atoms with van der Waals surface area (Å²) in [5, 5.41) is 15.6. The van der Waals surface area contributed by atoms with Gasteiger partial charge >= 0.3 is 0 Å². The monoisotopic (exact) mass is 478 g/mol. The van der Waals surface area contributed by atoms with E-state index in [4.69, 9.17) is 11.0 Å². The summed E-state index contributed by atoms with van der Waals surface area (Å²) in [5.74, 6) is -4.15. The zero-order chi connectivity index (χ0) is 25.4. The van der Waals surface area contributed by atoms with Crippen molar-refractivity contribution < 1.29 is 22.8 Å². The minimum Gasteiger partial charge on any atom is -0.366 e. The molecule has 0 spiro atoms. The molecule has 2 heterocycles. The van der Waals surface area contributed by atoms with Gasteiger partial charge in [0.2, 0.25) is 5.91 Å². The van der Waals surface area contributed by atoms with Crippen LogP contribution >= 0.6 is 0 Å². The van der Waals surface area contributed by atoms with Gasteiger partial charge in [-0.05, 0) is 44.2 Å². The summed E-state index contributed by atoms with van der Waals surface area (Å²) in [5.41, 5.74) is 5.63. The van der Waals surface area contributed by atoms with Crippen LogP contribution < -0.4 is 11.1 Å². The van der Waals surface area contributed by atoms with E-state index < -0.39 is 29.3 Å². The minimum absolute atomic E-state index is 0.0716. The van der Waals surface area contributed by atoms with Gasteiger partial charge in [-0.25, -0.2) is 18.2 Å². The molecular weight excluding hydrogens is 461 g/mol. The fraction of sp³-hybridized carbons (Fsp3) is 0.125. The van der Waals surface area contributed by atoms with Gasteiger partial charge in [0, 0.05) is 10.9 Å². The number of benzene rings is 2. The fourth-order valence-electron chi connectivity index (χ4n) is 3.73. The molecule has 11 heteroatoms. The number of nitriles is 1. The van der Waals surface area contributed by atoms with Gasteiger partial charge in [-0.1, -0.05) is 6.07 Å². The number of rotatable bonds is 5. The lowest BCUT2D eigenvalue weighted by Gasteiger charge is -2.10. The number of nitrogens with two attached hydrogens (primary N) is 1. The van der Waals surface area contributed by atoms with Crippen molar-refractivity contribution in [2.24, 2.45) is 5.73 Å². The first-order chi connectivity index (χ1) is 16.6. The predicted molar refractivity (Wildman–Crippen MR) is 120 cm³/mol. The Morgan fingerprint density at radius 1 is 1.11 bits per heavy atom.